The van der Waals surface area contributed by atoms with E-state index in [1.807, 2.05) is 17.5 Å². The van der Waals surface area contributed by atoms with Crippen LogP contribution in [0.15, 0.2) is 6.20 Å². The zero-order chi connectivity index (χ0) is 8.39. The fraction of sp³-hybridized carbons (Fsp3) is 0.625. The van der Waals surface area contributed by atoms with Crippen molar-refractivity contribution in [2.45, 2.75) is 25.3 Å². The summed E-state index contributed by atoms with van der Waals surface area (Å²) in [5, 5.41) is 4.76. The van der Waals surface area contributed by atoms with Crippen LogP contribution in [0, 0.1) is 2.88 Å². The van der Waals surface area contributed by atoms with Gasteiger partial charge in [-0.25, -0.2) is 4.98 Å². The van der Waals surface area contributed by atoms with Crippen molar-refractivity contribution in [1.29, 1.82) is 0 Å². The lowest BCUT2D eigenvalue weighted by Gasteiger charge is -2.05. The van der Waals surface area contributed by atoms with Crippen LogP contribution in [-0.4, -0.2) is 17.6 Å². The third-order valence-electron chi connectivity index (χ3n) is 2.11. The number of hydrogen-bond acceptors (Lipinski definition) is 3. The highest BCUT2D eigenvalue weighted by Crippen LogP contribution is 2.18. The van der Waals surface area contributed by atoms with E-state index in [1.165, 1.54) is 27.3 Å². The van der Waals surface area contributed by atoms with Gasteiger partial charge >= 0.3 is 0 Å². The molecule has 66 valence electrons. The largest absolute Gasteiger partial charge is 0.314 e. The molecule has 0 spiro atoms. The first-order valence-corrected chi connectivity index (χ1v) is 6.08. The molecule has 4 heteroatoms. The lowest BCUT2D eigenvalue weighted by molar-refractivity contribution is 0.601. The Labute approximate surface area is 89.9 Å². The summed E-state index contributed by atoms with van der Waals surface area (Å²) >= 11 is 4.13. The van der Waals surface area contributed by atoms with Crippen LogP contribution in [0.4, 0.5) is 0 Å². The van der Waals surface area contributed by atoms with Crippen molar-refractivity contribution < 1.29 is 0 Å². The maximum atomic E-state index is 4.35. The van der Waals surface area contributed by atoms with Crippen molar-refractivity contribution in [3.05, 3.63) is 14.1 Å². The molecule has 0 aliphatic carbocycles. The van der Waals surface area contributed by atoms with Crippen LogP contribution in [0.3, 0.4) is 0 Å². The van der Waals surface area contributed by atoms with E-state index in [0.717, 1.165) is 6.42 Å². The molecule has 0 saturated carbocycles. The average molecular weight is 294 g/mol. The van der Waals surface area contributed by atoms with Gasteiger partial charge in [-0.3, -0.25) is 0 Å². The number of halogens is 1. The molecule has 2 heterocycles. The summed E-state index contributed by atoms with van der Waals surface area (Å²) in [6.07, 6.45) is 5.71. The van der Waals surface area contributed by atoms with Gasteiger partial charge < -0.3 is 5.32 Å². The fourth-order valence-corrected chi connectivity index (χ4v) is 3.15. The minimum Gasteiger partial charge on any atom is -0.314 e. The zero-order valence-electron chi connectivity index (χ0n) is 6.72. The Balaban J connectivity index is 1.94. The molecule has 0 bridgehead atoms. The smallest absolute Gasteiger partial charge is 0.0951 e. The van der Waals surface area contributed by atoms with Crippen LogP contribution < -0.4 is 5.32 Å². The van der Waals surface area contributed by atoms with Crippen molar-refractivity contribution in [2.75, 3.05) is 6.54 Å². The molecule has 0 amide bonds. The summed E-state index contributed by atoms with van der Waals surface area (Å²) in [7, 11) is 0. The van der Waals surface area contributed by atoms with Gasteiger partial charge in [-0.15, -0.1) is 11.3 Å². The molecule has 1 aromatic heterocycles. The molecule has 12 heavy (non-hydrogen) atoms. The van der Waals surface area contributed by atoms with E-state index < -0.39 is 0 Å². The van der Waals surface area contributed by atoms with Crippen LogP contribution in [0.5, 0.6) is 0 Å². The number of thiazole rings is 1. The molecule has 1 aliphatic heterocycles. The topological polar surface area (TPSA) is 24.9 Å². The lowest BCUT2D eigenvalue weighted by atomic mass is 10.2. The molecule has 2 nitrogen and oxygen atoms in total. The van der Waals surface area contributed by atoms with Crippen molar-refractivity contribution in [2.24, 2.45) is 0 Å². The molecule has 0 radical (unpaired) electrons. The van der Waals surface area contributed by atoms with Gasteiger partial charge in [-0.1, -0.05) is 0 Å². The van der Waals surface area contributed by atoms with Crippen LogP contribution in [-0.2, 0) is 6.42 Å². The SMILES string of the molecule is Ic1cnc(CC2CCCN2)s1. The molecule has 1 aliphatic rings. The molecule has 1 saturated heterocycles. The first-order valence-electron chi connectivity index (χ1n) is 4.18. The summed E-state index contributed by atoms with van der Waals surface area (Å²) < 4.78 is 1.29. The van der Waals surface area contributed by atoms with Gasteiger partial charge in [-0.2, -0.15) is 0 Å². The Kier molecular flexibility index (Phi) is 2.98. The standard InChI is InChI=1S/C8H11IN2S/c9-7-5-11-8(12-7)4-6-2-1-3-10-6/h5-6,10H,1-4H2. The highest BCUT2D eigenvalue weighted by Gasteiger charge is 2.15. The molecule has 2 rings (SSSR count). The second-order valence-corrected chi connectivity index (χ2v) is 6.06. The van der Waals surface area contributed by atoms with E-state index in [-0.39, 0.29) is 0 Å². The number of hydrogen-bond donors (Lipinski definition) is 1. The van der Waals surface area contributed by atoms with E-state index in [2.05, 4.69) is 32.9 Å². The highest BCUT2D eigenvalue weighted by molar-refractivity contribution is 14.1. The fourth-order valence-electron chi connectivity index (χ4n) is 1.52. The zero-order valence-corrected chi connectivity index (χ0v) is 9.69. The third kappa shape index (κ3) is 2.17. The normalized spacial score (nSPS) is 23.2. The minimum absolute atomic E-state index is 0.687. The van der Waals surface area contributed by atoms with Crippen molar-refractivity contribution in [1.82, 2.24) is 10.3 Å². The average Bonchev–Trinajstić information content (AvgIpc) is 2.63. The highest BCUT2D eigenvalue weighted by atomic mass is 127. The lowest BCUT2D eigenvalue weighted by Crippen LogP contribution is -2.23. The van der Waals surface area contributed by atoms with Gasteiger partial charge in [0.25, 0.3) is 0 Å². The van der Waals surface area contributed by atoms with Gasteiger partial charge in [0.1, 0.15) is 0 Å². The van der Waals surface area contributed by atoms with E-state index in [1.54, 1.807) is 0 Å². The Bertz CT molecular complexity index is 255. The predicted molar refractivity (Wildman–Crippen MR) is 59.6 cm³/mol. The van der Waals surface area contributed by atoms with Gasteiger partial charge in [0.15, 0.2) is 0 Å². The molecule has 1 atom stereocenters. The monoisotopic (exact) mass is 294 g/mol. The Morgan fingerprint density at radius 1 is 1.75 bits per heavy atom. The van der Waals surface area contributed by atoms with Crippen LogP contribution in [0.1, 0.15) is 17.8 Å². The molecular formula is C8H11IN2S. The third-order valence-corrected chi connectivity index (χ3v) is 3.86. The number of rotatable bonds is 2. The Hall–Kier alpha value is 0.320. The molecule has 1 aromatic rings. The number of aromatic nitrogens is 1. The maximum absolute atomic E-state index is 4.35. The second kappa shape index (κ2) is 4.02. The molecule has 1 N–H and O–H groups in total. The molecular weight excluding hydrogens is 283 g/mol. The maximum Gasteiger partial charge on any atom is 0.0951 e. The van der Waals surface area contributed by atoms with Crippen molar-refractivity contribution in [3.8, 4) is 0 Å². The van der Waals surface area contributed by atoms with Crippen molar-refractivity contribution >= 4 is 33.9 Å². The predicted octanol–water partition coefficient (Wildman–Crippen LogP) is 2.04. The van der Waals surface area contributed by atoms with Gasteiger partial charge in [-0.05, 0) is 42.0 Å². The number of nitrogens with one attached hydrogen (secondary N) is 1. The van der Waals surface area contributed by atoms with Gasteiger partial charge in [0, 0.05) is 12.5 Å². The molecule has 0 aromatic carbocycles. The van der Waals surface area contributed by atoms with Gasteiger partial charge in [0.2, 0.25) is 0 Å². The summed E-state index contributed by atoms with van der Waals surface area (Å²) in [5.41, 5.74) is 0. The van der Waals surface area contributed by atoms with E-state index in [9.17, 15) is 0 Å². The van der Waals surface area contributed by atoms with E-state index >= 15 is 0 Å². The molecule has 1 fully saturated rings. The van der Waals surface area contributed by atoms with Crippen LogP contribution in [0.25, 0.3) is 0 Å². The first-order chi connectivity index (χ1) is 5.84. The van der Waals surface area contributed by atoms with Crippen LogP contribution >= 0.6 is 33.9 Å². The Morgan fingerprint density at radius 2 is 2.67 bits per heavy atom. The summed E-state index contributed by atoms with van der Waals surface area (Å²) in [4.78, 5) is 4.35. The summed E-state index contributed by atoms with van der Waals surface area (Å²) in [6.45, 7) is 1.19. The van der Waals surface area contributed by atoms with Crippen LogP contribution in [0.2, 0.25) is 0 Å². The quantitative estimate of drug-likeness (QED) is 0.844. The van der Waals surface area contributed by atoms with E-state index in [0.29, 0.717) is 6.04 Å². The number of nitrogens with zero attached hydrogens (tertiary/aromatic N) is 1. The molecule has 1 unspecified atom stereocenters. The Morgan fingerprint density at radius 3 is 3.25 bits per heavy atom. The summed E-state index contributed by atoms with van der Waals surface area (Å²) in [5.74, 6) is 0. The second-order valence-electron chi connectivity index (χ2n) is 3.06. The van der Waals surface area contributed by atoms with Gasteiger partial charge in [0.05, 0.1) is 14.1 Å². The summed E-state index contributed by atoms with van der Waals surface area (Å²) in [6, 6.07) is 0.687. The van der Waals surface area contributed by atoms with E-state index in [4.69, 9.17) is 0 Å². The first kappa shape index (κ1) is 8.90. The van der Waals surface area contributed by atoms with Crippen molar-refractivity contribution in [3.63, 3.8) is 0 Å². The minimum atomic E-state index is 0.687.